The van der Waals surface area contributed by atoms with Crippen LogP contribution in [0.25, 0.3) is 11.0 Å². The third-order valence-corrected chi connectivity index (χ3v) is 3.97. The normalized spacial score (nSPS) is 13.2. The summed E-state index contributed by atoms with van der Waals surface area (Å²) in [7, 11) is 0. The van der Waals surface area contributed by atoms with Gasteiger partial charge in [0, 0.05) is 10.0 Å². The molecule has 0 aliphatic carbocycles. The van der Waals surface area contributed by atoms with E-state index in [2.05, 4.69) is 15.1 Å². The van der Waals surface area contributed by atoms with Crippen LogP contribution >= 0.6 is 23.2 Å². The number of halogens is 2. The van der Waals surface area contributed by atoms with Gasteiger partial charge in [-0.25, -0.2) is 4.98 Å². The Bertz CT molecular complexity index is 984. The van der Waals surface area contributed by atoms with E-state index in [4.69, 9.17) is 29.0 Å². The number of hydrogen-bond acceptors (Lipinski definition) is 5. The minimum atomic E-state index is -1.22. The van der Waals surface area contributed by atoms with Gasteiger partial charge in [0.05, 0.1) is 11.0 Å². The lowest BCUT2D eigenvalue weighted by atomic mass is 10.0. The van der Waals surface area contributed by atoms with Gasteiger partial charge in [-0.2, -0.15) is 5.10 Å². The number of nitrogens with zero attached hydrogens (tertiary/aromatic N) is 2. The monoisotopic (exact) mass is 362 g/mol. The van der Waals surface area contributed by atoms with Crippen molar-refractivity contribution >= 4 is 39.9 Å². The molecule has 6 nitrogen and oxygen atoms in total. The van der Waals surface area contributed by atoms with E-state index in [1.165, 1.54) is 0 Å². The van der Waals surface area contributed by atoms with Crippen molar-refractivity contribution in [2.45, 2.75) is 6.10 Å². The van der Waals surface area contributed by atoms with Crippen LogP contribution in [-0.4, -0.2) is 20.8 Å². The van der Waals surface area contributed by atoms with Gasteiger partial charge < -0.3 is 15.9 Å². The first kappa shape index (κ1) is 16.4. The molecule has 4 N–H and O–H groups in total. The molecule has 0 aliphatic heterocycles. The smallest absolute Gasteiger partial charge is 0.276 e. The quantitative estimate of drug-likeness (QED) is 0.378. The van der Waals surface area contributed by atoms with E-state index in [-0.39, 0.29) is 11.4 Å². The van der Waals surface area contributed by atoms with Gasteiger partial charge >= 0.3 is 0 Å². The van der Waals surface area contributed by atoms with Gasteiger partial charge in [-0.05, 0) is 35.9 Å². The van der Waals surface area contributed by atoms with Crippen molar-refractivity contribution in [2.24, 2.45) is 10.9 Å². The Labute approximate surface area is 146 Å². The van der Waals surface area contributed by atoms with Crippen LogP contribution in [0.15, 0.2) is 52.4 Å². The third-order valence-electron chi connectivity index (χ3n) is 3.48. The van der Waals surface area contributed by atoms with E-state index in [9.17, 15) is 9.90 Å². The molecule has 0 saturated carbocycles. The van der Waals surface area contributed by atoms with Crippen molar-refractivity contribution in [3.63, 3.8) is 0 Å². The van der Waals surface area contributed by atoms with Crippen LogP contribution in [0.2, 0.25) is 10.0 Å². The summed E-state index contributed by atoms with van der Waals surface area (Å²) in [4.78, 5) is 19.2. The predicted octanol–water partition coefficient (Wildman–Crippen LogP) is 2.63. The minimum Gasteiger partial charge on any atom is -0.382 e. The average Bonchev–Trinajstić information content (AvgIpc) is 2.56. The number of nitrogens with two attached hydrogens (primary N) is 1. The maximum Gasteiger partial charge on any atom is 0.276 e. The zero-order chi connectivity index (χ0) is 17.3. The highest BCUT2D eigenvalue weighted by Crippen LogP contribution is 2.21. The Morgan fingerprint density at radius 2 is 1.83 bits per heavy atom. The van der Waals surface area contributed by atoms with Crippen molar-refractivity contribution < 1.29 is 5.11 Å². The average molecular weight is 363 g/mol. The molecule has 2 aromatic carbocycles. The predicted molar refractivity (Wildman–Crippen MR) is 94.5 cm³/mol. The number of H-pyrrole nitrogens is 1. The summed E-state index contributed by atoms with van der Waals surface area (Å²) in [6, 6.07) is 11.4. The molecule has 0 unspecified atom stereocenters. The summed E-state index contributed by atoms with van der Waals surface area (Å²) in [6.45, 7) is 0. The lowest BCUT2D eigenvalue weighted by Gasteiger charge is -2.13. The minimum absolute atomic E-state index is 0.0459. The number of fused-ring (bicyclic) bond motifs is 1. The Morgan fingerprint density at radius 3 is 2.50 bits per heavy atom. The first-order chi connectivity index (χ1) is 11.5. The summed E-state index contributed by atoms with van der Waals surface area (Å²) >= 11 is 11.7. The molecule has 0 spiro atoms. The van der Waals surface area contributed by atoms with Crippen LogP contribution < -0.4 is 11.4 Å². The van der Waals surface area contributed by atoms with E-state index >= 15 is 0 Å². The summed E-state index contributed by atoms with van der Waals surface area (Å²) < 4.78 is 0. The Balaban J connectivity index is 2.09. The molecule has 1 heterocycles. The van der Waals surface area contributed by atoms with Gasteiger partial charge in [-0.15, -0.1) is 0 Å². The van der Waals surface area contributed by atoms with E-state index in [1.54, 1.807) is 42.5 Å². The zero-order valence-electron chi connectivity index (χ0n) is 12.2. The third kappa shape index (κ3) is 3.12. The van der Waals surface area contributed by atoms with Crippen molar-refractivity contribution in [3.05, 3.63) is 74.1 Å². The van der Waals surface area contributed by atoms with Crippen LogP contribution in [0.1, 0.15) is 17.4 Å². The maximum atomic E-state index is 12.3. The second-order valence-electron chi connectivity index (χ2n) is 5.04. The highest BCUT2D eigenvalue weighted by molar-refractivity contribution is 6.31. The molecule has 0 radical (unpaired) electrons. The Morgan fingerprint density at radius 1 is 1.17 bits per heavy atom. The van der Waals surface area contributed by atoms with E-state index in [1.807, 2.05) is 0 Å². The molecule has 122 valence electrons. The van der Waals surface area contributed by atoms with Crippen LogP contribution in [-0.2, 0) is 0 Å². The fraction of sp³-hybridized carbons (Fsp3) is 0.0625. The molecule has 8 heteroatoms. The van der Waals surface area contributed by atoms with Gasteiger partial charge in [0.25, 0.3) is 5.56 Å². The Hall–Kier alpha value is -2.41. The first-order valence-corrected chi connectivity index (χ1v) is 7.66. The molecular formula is C16H12Cl2N4O2. The van der Waals surface area contributed by atoms with Gasteiger partial charge in [0.15, 0.2) is 5.69 Å². The largest absolute Gasteiger partial charge is 0.382 e. The summed E-state index contributed by atoms with van der Waals surface area (Å²) in [5.41, 5.74) is 0.834. The molecular weight excluding hydrogens is 351 g/mol. The number of rotatable bonds is 3. The van der Waals surface area contributed by atoms with Crippen LogP contribution in [0, 0.1) is 0 Å². The highest BCUT2D eigenvalue weighted by atomic mass is 35.5. The van der Waals surface area contributed by atoms with Crippen LogP contribution in [0.3, 0.4) is 0 Å². The molecule has 1 aromatic heterocycles. The first-order valence-electron chi connectivity index (χ1n) is 6.91. The van der Waals surface area contributed by atoms with E-state index < -0.39 is 11.7 Å². The molecule has 0 amide bonds. The number of aromatic amines is 1. The topological polar surface area (TPSA) is 104 Å². The van der Waals surface area contributed by atoms with Gasteiger partial charge in [-0.1, -0.05) is 35.3 Å². The number of aliphatic hydroxyl groups excluding tert-OH is 1. The van der Waals surface area contributed by atoms with Crippen molar-refractivity contribution in [1.82, 2.24) is 9.97 Å². The van der Waals surface area contributed by atoms with Gasteiger partial charge in [-0.3, -0.25) is 4.79 Å². The van der Waals surface area contributed by atoms with Crippen LogP contribution in [0.5, 0.6) is 0 Å². The lowest BCUT2D eigenvalue weighted by Crippen LogP contribution is -2.26. The number of nitrogens with one attached hydrogen (secondary N) is 1. The molecule has 0 saturated heterocycles. The molecule has 3 rings (SSSR count). The second kappa shape index (κ2) is 6.60. The molecule has 0 bridgehead atoms. The number of aromatic nitrogens is 2. The standard InChI is InChI=1S/C16H12Cl2N4O2/c17-9-3-1-8(2-4-9)15(23)13(22-19)14-16(24)21-12-7-10(18)5-6-11(12)20-14/h1-7,15,23H,19H2,(H,21,24)/b22-13+/t15-/m0/s1. The highest BCUT2D eigenvalue weighted by Gasteiger charge is 2.22. The number of hydrazone groups is 1. The van der Waals surface area contributed by atoms with Gasteiger partial charge in [0.1, 0.15) is 11.8 Å². The molecule has 0 aliphatic rings. The van der Waals surface area contributed by atoms with E-state index in [0.717, 1.165) is 0 Å². The van der Waals surface area contributed by atoms with Crippen molar-refractivity contribution in [1.29, 1.82) is 0 Å². The van der Waals surface area contributed by atoms with Crippen molar-refractivity contribution in [3.8, 4) is 0 Å². The lowest BCUT2D eigenvalue weighted by molar-refractivity contribution is 0.247. The summed E-state index contributed by atoms with van der Waals surface area (Å²) in [6.07, 6.45) is -1.22. The molecule has 24 heavy (non-hydrogen) atoms. The molecule has 3 aromatic rings. The van der Waals surface area contributed by atoms with Gasteiger partial charge in [0.2, 0.25) is 0 Å². The SMILES string of the molecule is N/N=C(\c1nc2ccc(Cl)cc2[nH]c1=O)[C@@H](O)c1ccc(Cl)cc1. The summed E-state index contributed by atoms with van der Waals surface area (Å²) in [5, 5.41) is 15.1. The zero-order valence-corrected chi connectivity index (χ0v) is 13.7. The summed E-state index contributed by atoms with van der Waals surface area (Å²) in [5.74, 6) is 5.40. The van der Waals surface area contributed by atoms with Crippen LogP contribution in [0.4, 0.5) is 0 Å². The molecule has 1 atom stereocenters. The second-order valence-corrected chi connectivity index (χ2v) is 5.92. The van der Waals surface area contributed by atoms with E-state index in [0.29, 0.717) is 26.6 Å². The fourth-order valence-corrected chi connectivity index (χ4v) is 2.59. The Kier molecular flexibility index (Phi) is 4.53. The maximum absolute atomic E-state index is 12.3. The number of benzene rings is 2. The number of aliphatic hydroxyl groups is 1. The number of hydrogen-bond donors (Lipinski definition) is 3. The van der Waals surface area contributed by atoms with Crippen molar-refractivity contribution in [2.75, 3.05) is 0 Å². The fourth-order valence-electron chi connectivity index (χ4n) is 2.30. The molecule has 0 fully saturated rings.